The summed E-state index contributed by atoms with van der Waals surface area (Å²) in [7, 11) is 0. The van der Waals surface area contributed by atoms with Crippen LogP contribution in [0.3, 0.4) is 0 Å². The van der Waals surface area contributed by atoms with Crippen molar-refractivity contribution in [3.63, 3.8) is 0 Å². The van der Waals surface area contributed by atoms with Crippen LogP contribution in [-0.4, -0.2) is 42.0 Å². The van der Waals surface area contributed by atoms with Crippen molar-refractivity contribution in [3.8, 4) is 0 Å². The first-order valence-electron chi connectivity index (χ1n) is 7.49. The lowest BCUT2D eigenvalue weighted by atomic mass is 9.75. The molecule has 0 saturated carbocycles. The molecule has 0 amide bonds. The number of hydrazine groups is 1. The standard InChI is InChI=1S/C14H26N2O2S/c1-13(4-2-6-17-13)12(16-15)11-3-7-18-14(9-11)5-8-19-10-14/h11-12,16H,2-10,15H2,1H3. The van der Waals surface area contributed by atoms with Crippen LogP contribution in [0.25, 0.3) is 0 Å². The normalized spacial score (nSPS) is 44.8. The Hall–Kier alpha value is 0.190. The Labute approximate surface area is 120 Å². The Kier molecular flexibility index (Phi) is 4.11. The monoisotopic (exact) mass is 286 g/mol. The van der Waals surface area contributed by atoms with Crippen LogP contribution in [0.2, 0.25) is 0 Å². The third-order valence-electron chi connectivity index (χ3n) is 5.16. The Morgan fingerprint density at radius 2 is 2.21 bits per heavy atom. The first-order valence-corrected chi connectivity index (χ1v) is 8.65. The number of hydrogen-bond donors (Lipinski definition) is 2. The van der Waals surface area contributed by atoms with Gasteiger partial charge in [0, 0.05) is 19.0 Å². The first kappa shape index (κ1) is 14.1. The molecule has 0 aromatic carbocycles. The van der Waals surface area contributed by atoms with Crippen molar-refractivity contribution >= 4 is 11.8 Å². The molecule has 4 nitrogen and oxygen atoms in total. The maximum atomic E-state index is 6.12. The average molecular weight is 286 g/mol. The Morgan fingerprint density at radius 3 is 2.84 bits per heavy atom. The second-order valence-corrected chi connectivity index (χ2v) is 7.60. The van der Waals surface area contributed by atoms with Crippen LogP contribution in [0, 0.1) is 5.92 Å². The van der Waals surface area contributed by atoms with Gasteiger partial charge in [-0.15, -0.1) is 0 Å². The number of hydrogen-bond acceptors (Lipinski definition) is 5. The van der Waals surface area contributed by atoms with Crippen LogP contribution in [0.15, 0.2) is 0 Å². The maximum Gasteiger partial charge on any atom is 0.0823 e. The van der Waals surface area contributed by atoms with Gasteiger partial charge in [0.1, 0.15) is 0 Å². The van der Waals surface area contributed by atoms with Crippen LogP contribution in [0.5, 0.6) is 0 Å². The molecule has 0 aromatic rings. The molecule has 3 rings (SSSR count). The molecule has 0 aliphatic carbocycles. The van der Waals surface area contributed by atoms with Crippen molar-refractivity contribution < 1.29 is 9.47 Å². The average Bonchev–Trinajstić information content (AvgIpc) is 3.01. The summed E-state index contributed by atoms with van der Waals surface area (Å²) < 4.78 is 12.1. The Morgan fingerprint density at radius 1 is 1.32 bits per heavy atom. The van der Waals surface area contributed by atoms with Gasteiger partial charge < -0.3 is 9.47 Å². The summed E-state index contributed by atoms with van der Waals surface area (Å²) in [5, 5.41) is 0. The number of nitrogens with one attached hydrogen (secondary N) is 1. The molecule has 3 fully saturated rings. The van der Waals surface area contributed by atoms with Crippen molar-refractivity contribution in [3.05, 3.63) is 0 Å². The second-order valence-electron chi connectivity index (χ2n) is 6.50. The van der Waals surface area contributed by atoms with Crippen LogP contribution in [0.1, 0.15) is 39.0 Å². The minimum absolute atomic E-state index is 0.0936. The van der Waals surface area contributed by atoms with E-state index in [0.29, 0.717) is 5.92 Å². The maximum absolute atomic E-state index is 6.12. The summed E-state index contributed by atoms with van der Waals surface area (Å²) >= 11 is 2.02. The van der Waals surface area contributed by atoms with E-state index in [4.69, 9.17) is 15.3 Å². The minimum atomic E-state index is -0.0936. The molecule has 19 heavy (non-hydrogen) atoms. The molecule has 3 saturated heterocycles. The van der Waals surface area contributed by atoms with Crippen LogP contribution in [-0.2, 0) is 9.47 Å². The molecule has 5 heteroatoms. The van der Waals surface area contributed by atoms with Crippen molar-refractivity contribution in [2.75, 3.05) is 24.7 Å². The van der Waals surface area contributed by atoms with E-state index in [0.717, 1.165) is 44.6 Å². The lowest BCUT2D eigenvalue weighted by Gasteiger charge is -2.45. The van der Waals surface area contributed by atoms with Crippen molar-refractivity contribution in [1.29, 1.82) is 0 Å². The number of thioether (sulfide) groups is 1. The predicted octanol–water partition coefficient (Wildman–Crippen LogP) is 1.69. The smallest absolute Gasteiger partial charge is 0.0823 e. The summed E-state index contributed by atoms with van der Waals surface area (Å²) in [5.41, 5.74) is 3.10. The lowest BCUT2D eigenvalue weighted by Crippen LogP contribution is -2.58. The Bertz CT molecular complexity index is 315. The van der Waals surface area contributed by atoms with Gasteiger partial charge in [0.15, 0.2) is 0 Å². The zero-order valence-corrected chi connectivity index (χ0v) is 12.6. The summed E-state index contributed by atoms with van der Waals surface area (Å²) in [6, 6.07) is 0.251. The number of nitrogens with two attached hydrogens (primary N) is 1. The van der Waals surface area contributed by atoms with Gasteiger partial charge in [-0.2, -0.15) is 11.8 Å². The van der Waals surface area contributed by atoms with Crippen LogP contribution >= 0.6 is 11.8 Å². The third-order valence-corrected chi connectivity index (χ3v) is 6.38. The van der Waals surface area contributed by atoms with E-state index >= 15 is 0 Å². The van der Waals surface area contributed by atoms with Gasteiger partial charge in [0.2, 0.25) is 0 Å². The molecule has 3 aliphatic rings. The topological polar surface area (TPSA) is 56.5 Å². The summed E-state index contributed by atoms with van der Waals surface area (Å²) in [6.45, 7) is 3.97. The van der Waals surface area contributed by atoms with E-state index < -0.39 is 0 Å². The molecule has 3 N–H and O–H groups in total. The molecular formula is C14H26N2O2S. The quantitative estimate of drug-likeness (QED) is 0.611. The van der Waals surface area contributed by atoms with E-state index in [2.05, 4.69) is 12.3 Å². The molecule has 0 aromatic heterocycles. The predicted molar refractivity (Wildman–Crippen MR) is 78.1 cm³/mol. The summed E-state index contributed by atoms with van der Waals surface area (Å²) in [5.74, 6) is 8.84. The summed E-state index contributed by atoms with van der Waals surface area (Å²) in [6.07, 6.45) is 5.69. The molecule has 4 atom stereocenters. The SMILES string of the molecule is CC1(C(NN)C2CCOC3(CCSC3)C2)CCCO1. The van der Waals surface area contributed by atoms with Gasteiger partial charge in [-0.3, -0.25) is 11.3 Å². The largest absolute Gasteiger partial charge is 0.374 e. The summed E-state index contributed by atoms with van der Waals surface area (Å²) in [4.78, 5) is 0. The van der Waals surface area contributed by atoms with Crippen molar-refractivity contribution in [1.82, 2.24) is 5.43 Å². The van der Waals surface area contributed by atoms with Gasteiger partial charge in [-0.05, 0) is 50.7 Å². The van der Waals surface area contributed by atoms with Gasteiger partial charge >= 0.3 is 0 Å². The highest BCUT2D eigenvalue weighted by Gasteiger charge is 2.48. The van der Waals surface area contributed by atoms with E-state index in [1.165, 1.54) is 12.2 Å². The highest BCUT2D eigenvalue weighted by atomic mass is 32.2. The second kappa shape index (κ2) is 5.53. The number of rotatable bonds is 3. The fraction of sp³-hybridized carbons (Fsp3) is 1.00. The molecule has 4 unspecified atom stereocenters. The molecule has 0 bridgehead atoms. The molecule has 1 spiro atoms. The molecular weight excluding hydrogens is 260 g/mol. The van der Waals surface area contributed by atoms with Crippen LogP contribution < -0.4 is 11.3 Å². The van der Waals surface area contributed by atoms with Crippen molar-refractivity contribution in [2.45, 2.75) is 56.3 Å². The Balaban J connectivity index is 1.72. The molecule has 3 aliphatic heterocycles. The number of ether oxygens (including phenoxy) is 2. The van der Waals surface area contributed by atoms with E-state index in [1.54, 1.807) is 0 Å². The van der Waals surface area contributed by atoms with Gasteiger partial charge in [-0.25, -0.2) is 0 Å². The fourth-order valence-electron chi connectivity index (χ4n) is 4.07. The minimum Gasteiger partial charge on any atom is -0.374 e. The van der Waals surface area contributed by atoms with E-state index in [9.17, 15) is 0 Å². The van der Waals surface area contributed by atoms with Gasteiger partial charge in [-0.1, -0.05) is 0 Å². The highest BCUT2D eigenvalue weighted by molar-refractivity contribution is 7.99. The fourth-order valence-corrected chi connectivity index (χ4v) is 5.45. The van der Waals surface area contributed by atoms with Gasteiger partial charge in [0.25, 0.3) is 0 Å². The van der Waals surface area contributed by atoms with Gasteiger partial charge in [0.05, 0.1) is 17.2 Å². The lowest BCUT2D eigenvalue weighted by molar-refractivity contribution is -0.108. The first-order chi connectivity index (χ1) is 9.18. The van der Waals surface area contributed by atoms with E-state index in [1.807, 2.05) is 11.8 Å². The van der Waals surface area contributed by atoms with Crippen LogP contribution in [0.4, 0.5) is 0 Å². The molecule has 110 valence electrons. The third kappa shape index (κ3) is 2.68. The molecule has 0 radical (unpaired) electrons. The zero-order chi connectivity index (χ0) is 13.3. The van der Waals surface area contributed by atoms with E-state index in [-0.39, 0.29) is 17.2 Å². The zero-order valence-electron chi connectivity index (χ0n) is 11.8. The highest BCUT2D eigenvalue weighted by Crippen LogP contribution is 2.44. The van der Waals surface area contributed by atoms with Crippen molar-refractivity contribution in [2.24, 2.45) is 11.8 Å². The molecule has 3 heterocycles.